The summed E-state index contributed by atoms with van der Waals surface area (Å²) in [4.78, 5) is 20.3. The van der Waals surface area contributed by atoms with Gasteiger partial charge in [0.15, 0.2) is 5.82 Å². The van der Waals surface area contributed by atoms with Crippen molar-refractivity contribution in [3.63, 3.8) is 0 Å². The van der Waals surface area contributed by atoms with Crippen LogP contribution in [0.1, 0.15) is 30.3 Å². The van der Waals surface area contributed by atoms with E-state index in [1.807, 2.05) is 37.3 Å². The molecule has 2 heterocycles. The fourth-order valence-corrected chi connectivity index (χ4v) is 2.55. The topological polar surface area (TPSA) is 87.4 Å². The Bertz CT molecular complexity index is 986. The number of hydrogen-bond acceptors (Lipinski definition) is 5. The average Bonchev–Trinajstić information content (AvgIpc) is 3.14. The smallest absolute Gasteiger partial charge is 0.256 e. The SMILES string of the molecule is [C-]#[N+]c1c(N/N=C(/CCC)C(=O)c2ccccn2)n[nH]c1-c1ccccc1. The van der Waals surface area contributed by atoms with E-state index in [2.05, 4.69) is 30.6 Å². The maximum absolute atomic E-state index is 12.6. The van der Waals surface area contributed by atoms with Crippen molar-refractivity contribution in [1.29, 1.82) is 0 Å². The maximum Gasteiger partial charge on any atom is 0.256 e. The highest BCUT2D eigenvalue weighted by molar-refractivity contribution is 6.45. The highest BCUT2D eigenvalue weighted by atomic mass is 16.1. The number of carbonyl (C=O) groups is 1. The highest BCUT2D eigenvalue weighted by Gasteiger charge is 2.17. The zero-order valence-electron chi connectivity index (χ0n) is 14.8. The lowest BCUT2D eigenvalue weighted by Crippen LogP contribution is -2.17. The molecular weight excluding hydrogens is 340 g/mol. The minimum absolute atomic E-state index is 0.242. The van der Waals surface area contributed by atoms with Gasteiger partial charge in [-0.15, -0.1) is 0 Å². The van der Waals surface area contributed by atoms with E-state index in [9.17, 15) is 4.79 Å². The molecule has 3 aromatic rings. The Hall–Kier alpha value is -3.79. The number of carbonyl (C=O) groups excluding carboxylic acids is 1. The summed E-state index contributed by atoms with van der Waals surface area (Å²) >= 11 is 0. The van der Waals surface area contributed by atoms with Gasteiger partial charge in [-0.05, 0) is 24.1 Å². The standard InChI is InChI=1S/C20H18N6O/c1-3-9-16(19(27)15-12-7-8-13-22-15)23-25-20-18(21-2)17(24-26-20)14-10-5-4-6-11-14/h4-8,10-13H,3,9H2,1H3,(H2,24,25,26)/b23-16-. The summed E-state index contributed by atoms with van der Waals surface area (Å²) in [6, 6.07) is 14.6. The number of rotatable bonds is 7. The normalized spacial score (nSPS) is 11.0. The van der Waals surface area contributed by atoms with Crippen LogP contribution in [-0.4, -0.2) is 26.7 Å². The first-order chi connectivity index (χ1) is 13.2. The molecule has 3 rings (SSSR count). The molecule has 0 atom stereocenters. The van der Waals surface area contributed by atoms with E-state index < -0.39 is 0 Å². The third-order valence-corrected chi connectivity index (χ3v) is 3.86. The van der Waals surface area contributed by atoms with Gasteiger partial charge in [0.25, 0.3) is 5.69 Å². The molecule has 0 spiro atoms. The Labute approximate surface area is 157 Å². The van der Waals surface area contributed by atoms with Crippen LogP contribution in [0.25, 0.3) is 16.1 Å². The molecule has 0 amide bonds. The lowest BCUT2D eigenvalue weighted by atomic mass is 10.1. The number of anilines is 1. The summed E-state index contributed by atoms with van der Waals surface area (Å²) in [5.74, 6) is 0.0411. The minimum Gasteiger partial charge on any atom is -0.287 e. The molecule has 2 aromatic heterocycles. The van der Waals surface area contributed by atoms with Gasteiger partial charge >= 0.3 is 0 Å². The van der Waals surface area contributed by atoms with Crippen molar-refractivity contribution in [2.45, 2.75) is 19.8 Å². The molecule has 0 aliphatic carbocycles. The Morgan fingerprint density at radius 1 is 1.22 bits per heavy atom. The maximum atomic E-state index is 12.6. The number of aromatic amines is 1. The quantitative estimate of drug-likeness (QED) is 0.282. The summed E-state index contributed by atoms with van der Waals surface area (Å²) in [6.07, 6.45) is 2.82. The second-order valence-corrected chi connectivity index (χ2v) is 5.74. The van der Waals surface area contributed by atoms with Gasteiger partial charge in [-0.25, -0.2) is 4.85 Å². The predicted molar refractivity (Wildman–Crippen MR) is 105 cm³/mol. The van der Waals surface area contributed by atoms with Gasteiger partial charge in [0.2, 0.25) is 5.78 Å². The number of H-pyrrole nitrogens is 1. The fraction of sp³-hybridized carbons (Fsp3) is 0.150. The van der Waals surface area contributed by atoms with Crippen LogP contribution in [0.4, 0.5) is 11.5 Å². The van der Waals surface area contributed by atoms with E-state index in [0.717, 1.165) is 12.0 Å². The third-order valence-electron chi connectivity index (χ3n) is 3.86. The number of nitrogens with one attached hydrogen (secondary N) is 2. The molecule has 2 N–H and O–H groups in total. The average molecular weight is 358 g/mol. The van der Waals surface area contributed by atoms with Gasteiger partial charge in [-0.2, -0.15) is 10.2 Å². The first-order valence-corrected chi connectivity index (χ1v) is 8.54. The van der Waals surface area contributed by atoms with E-state index in [0.29, 0.717) is 29.2 Å². The lowest BCUT2D eigenvalue weighted by molar-refractivity contribution is 0.105. The minimum atomic E-state index is -0.242. The zero-order chi connectivity index (χ0) is 19.1. The fourth-order valence-electron chi connectivity index (χ4n) is 2.55. The monoisotopic (exact) mass is 358 g/mol. The number of pyridine rings is 1. The number of nitrogens with zero attached hydrogens (tertiary/aromatic N) is 4. The van der Waals surface area contributed by atoms with Crippen LogP contribution in [0.3, 0.4) is 0 Å². The molecule has 134 valence electrons. The molecular formula is C20H18N6O. The highest BCUT2D eigenvalue weighted by Crippen LogP contribution is 2.34. The number of Topliss-reactive ketones (excluding diaryl/α,β-unsaturated/α-hetero) is 1. The Balaban J connectivity index is 1.88. The number of ketones is 1. The molecule has 0 bridgehead atoms. The van der Waals surface area contributed by atoms with Crippen molar-refractivity contribution in [3.8, 4) is 11.3 Å². The van der Waals surface area contributed by atoms with Crippen molar-refractivity contribution < 1.29 is 4.79 Å². The molecule has 1 aromatic carbocycles. The van der Waals surface area contributed by atoms with Crippen LogP contribution in [0.15, 0.2) is 59.8 Å². The van der Waals surface area contributed by atoms with Gasteiger partial charge in [-0.1, -0.05) is 49.7 Å². The largest absolute Gasteiger partial charge is 0.287 e. The molecule has 0 aliphatic heterocycles. The number of aromatic nitrogens is 3. The Kier molecular flexibility index (Phi) is 5.70. The van der Waals surface area contributed by atoms with Crippen LogP contribution in [0.2, 0.25) is 0 Å². The van der Waals surface area contributed by atoms with Crippen LogP contribution in [0, 0.1) is 6.57 Å². The number of hydrogen-bond donors (Lipinski definition) is 2. The predicted octanol–water partition coefficient (Wildman–Crippen LogP) is 4.47. The molecule has 0 radical (unpaired) electrons. The molecule has 0 saturated heterocycles. The van der Waals surface area contributed by atoms with E-state index in [1.54, 1.807) is 24.4 Å². The van der Waals surface area contributed by atoms with Crippen LogP contribution >= 0.6 is 0 Å². The van der Waals surface area contributed by atoms with E-state index in [1.165, 1.54) is 0 Å². The van der Waals surface area contributed by atoms with Gasteiger partial charge in [0.05, 0.1) is 12.3 Å². The second-order valence-electron chi connectivity index (χ2n) is 5.74. The summed E-state index contributed by atoms with van der Waals surface area (Å²) < 4.78 is 0. The van der Waals surface area contributed by atoms with E-state index in [4.69, 9.17) is 6.57 Å². The summed E-state index contributed by atoms with van der Waals surface area (Å²) in [6.45, 7) is 9.44. The first kappa shape index (κ1) is 18.0. The number of hydrazone groups is 1. The van der Waals surface area contributed by atoms with Gasteiger partial charge < -0.3 is 0 Å². The summed E-state index contributed by atoms with van der Waals surface area (Å²) in [5.41, 5.74) is 5.24. The Morgan fingerprint density at radius 2 is 2.00 bits per heavy atom. The summed E-state index contributed by atoms with van der Waals surface area (Å²) in [5, 5.41) is 11.2. The third kappa shape index (κ3) is 4.07. The van der Waals surface area contributed by atoms with Gasteiger partial charge in [0.1, 0.15) is 11.4 Å². The molecule has 7 nitrogen and oxygen atoms in total. The second kappa shape index (κ2) is 8.54. The molecule has 0 unspecified atom stereocenters. The first-order valence-electron chi connectivity index (χ1n) is 8.54. The molecule has 27 heavy (non-hydrogen) atoms. The number of benzene rings is 1. The van der Waals surface area contributed by atoms with Crippen LogP contribution < -0.4 is 5.43 Å². The molecule has 7 heteroatoms. The van der Waals surface area contributed by atoms with Crippen molar-refractivity contribution in [2.75, 3.05) is 5.43 Å². The molecule has 0 aliphatic rings. The lowest BCUT2D eigenvalue weighted by Gasteiger charge is -2.05. The molecule has 0 saturated carbocycles. The zero-order valence-corrected chi connectivity index (χ0v) is 14.8. The van der Waals surface area contributed by atoms with E-state index >= 15 is 0 Å². The molecule has 0 fully saturated rings. The van der Waals surface area contributed by atoms with Crippen molar-refractivity contribution >= 4 is 23.0 Å². The van der Waals surface area contributed by atoms with Crippen LogP contribution in [-0.2, 0) is 0 Å². The summed E-state index contributed by atoms with van der Waals surface area (Å²) in [7, 11) is 0. The Morgan fingerprint density at radius 3 is 2.67 bits per heavy atom. The van der Waals surface area contributed by atoms with E-state index in [-0.39, 0.29) is 11.6 Å². The van der Waals surface area contributed by atoms with Crippen molar-refractivity contribution in [2.24, 2.45) is 5.10 Å². The van der Waals surface area contributed by atoms with Crippen LogP contribution in [0.5, 0.6) is 0 Å². The van der Waals surface area contributed by atoms with Gasteiger partial charge in [0, 0.05) is 6.20 Å². The van der Waals surface area contributed by atoms with Gasteiger partial charge in [-0.3, -0.25) is 20.3 Å². The van der Waals surface area contributed by atoms with Crippen molar-refractivity contribution in [3.05, 3.63) is 71.8 Å². The van der Waals surface area contributed by atoms with Crippen molar-refractivity contribution in [1.82, 2.24) is 15.2 Å².